The van der Waals surface area contributed by atoms with Gasteiger partial charge in [0.15, 0.2) is 5.96 Å². The van der Waals surface area contributed by atoms with Gasteiger partial charge in [-0.05, 0) is 45.4 Å². The first kappa shape index (κ1) is 22.2. The second-order valence-electron chi connectivity index (χ2n) is 7.82. The highest BCUT2D eigenvalue weighted by Gasteiger charge is 2.17. The van der Waals surface area contributed by atoms with Crippen molar-refractivity contribution in [3.05, 3.63) is 21.9 Å². The number of guanidine groups is 1. The first-order chi connectivity index (χ1) is 13.0. The molecule has 0 bridgehead atoms. The summed E-state index contributed by atoms with van der Waals surface area (Å²) < 4.78 is 0. The molecule has 2 atom stereocenters. The van der Waals surface area contributed by atoms with E-state index in [9.17, 15) is 0 Å². The second kappa shape index (κ2) is 11.7. The molecule has 0 radical (unpaired) electrons. The van der Waals surface area contributed by atoms with E-state index in [0.717, 1.165) is 32.0 Å². The zero-order valence-corrected chi connectivity index (χ0v) is 18.7. The van der Waals surface area contributed by atoms with Crippen molar-refractivity contribution in [2.24, 2.45) is 10.9 Å². The lowest BCUT2D eigenvalue weighted by Crippen LogP contribution is -2.47. The van der Waals surface area contributed by atoms with E-state index >= 15 is 0 Å². The van der Waals surface area contributed by atoms with Gasteiger partial charge in [-0.3, -0.25) is 4.99 Å². The van der Waals surface area contributed by atoms with E-state index in [2.05, 4.69) is 67.2 Å². The third-order valence-corrected chi connectivity index (χ3v) is 6.10. The van der Waals surface area contributed by atoms with Crippen LogP contribution in [0, 0.1) is 12.8 Å². The predicted octanol–water partition coefficient (Wildman–Crippen LogP) is 2.82. The molecule has 0 aromatic carbocycles. The average molecular weight is 394 g/mol. The Morgan fingerprint density at radius 2 is 1.85 bits per heavy atom. The Hall–Kier alpha value is -1.11. The van der Waals surface area contributed by atoms with E-state index < -0.39 is 0 Å². The molecule has 5 nitrogen and oxygen atoms in total. The highest BCUT2D eigenvalue weighted by molar-refractivity contribution is 7.11. The summed E-state index contributed by atoms with van der Waals surface area (Å²) in [6.07, 6.45) is 1.04. The molecule has 0 amide bonds. The maximum absolute atomic E-state index is 4.86. The minimum atomic E-state index is 0.373. The van der Waals surface area contributed by atoms with E-state index in [1.165, 1.54) is 42.5 Å². The van der Waals surface area contributed by atoms with Gasteiger partial charge >= 0.3 is 0 Å². The molecule has 1 saturated heterocycles. The number of hydrogen-bond acceptors (Lipinski definition) is 4. The van der Waals surface area contributed by atoms with Crippen LogP contribution in [0.4, 0.5) is 0 Å². The SMILES string of the molecule is CCNC(=NCC(C)CN1CCN(CC)CC1)NC(C)Cc1ccc(C)s1. The number of piperazine rings is 1. The number of nitrogens with one attached hydrogen (secondary N) is 2. The van der Waals surface area contributed by atoms with E-state index in [4.69, 9.17) is 4.99 Å². The van der Waals surface area contributed by atoms with E-state index in [1.807, 2.05) is 11.3 Å². The number of nitrogens with zero attached hydrogens (tertiary/aromatic N) is 3. The van der Waals surface area contributed by atoms with Gasteiger partial charge in [0.1, 0.15) is 0 Å². The first-order valence-electron chi connectivity index (χ1n) is 10.5. The summed E-state index contributed by atoms with van der Waals surface area (Å²) in [6, 6.07) is 4.81. The van der Waals surface area contributed by atoms with Crippen LogP contribution in [0.15, 0.2) is 17.1 Å². The van der Waals surface area contributed by atoms with Crippen molar-refractivity contribution in [2.75, 3.05) is 52.4 Å². The summed E-state index contributed by atoms with van der Waals surface area (Å²) >= 11 is 1.89. The molecule has 2 N–H and O–H groups in total. The molecule has 1 fully saturated rings. The average Bonchev–Trinajstić information content (AvgIpc) is 3.05. The summed E-state index contributed by atoms with van der Waals surface area (Å²) in [4.78, 5) is 12.8. The Bertz CT molecular complexity index is 563. The summed E-state index contributed by atoms with van der Waals surface area (Å²) in [7, 11) is 0. The molecule has 1 aliphatic heterocycles. The van der Waals surface area contributed by atoms with E-state index in [1.54, 1.807) is 0 Å². The molecule has 6 heteroatoms. The quantitative estimate of drug-likeness (QED) is 0.500. The van der Waals surface area contributed by atoms with Crippen molar-refractivity contribution in [2.45, 2.75) is 47.1 Å². The molecule has 154 valence electrons. The smallest absolute Gasteiger partial charge is 0.191 e. The van der Waals surface area contributed by atoms with Gasteiger partial charge in [0, 0.05) is 68.0 Å². The number of thiophene rings is 1. The van der Waals surface area contributed by atoms with E-state index in [0.29, 0.717) is 12.0 Å². The van der Waals surface area contributed by atoms with Crippen LogP contribution in [0.3, 0.4) is 0 Å². The van der Waals surface area contributed by atoms with Crippen molar-refractivity contribution in [3.8, 4) is 0 Å². The maximum atomic E-state index is 4.86. The number of aliphatic imine (C=N–C) groups is 1. The van der Waals surface area contributed by atoms with E-state index in [-0.39, 0.29) is 0 Å². The van der Waals surface area contributed by atoms with Crippen molar-refractivity contribution in [1.82, 2.24) is 20.4 Å². The molecule has 0 aliphatic carbocycles. The number of aryl methyl sites for hydroxylation is 1. The molecule has 1 aliphatic rings. The zero-order chi connectivity index (χ0) is 19.6. The van der Waals surface area contributed by atoms with Crippen LogP contribution in [-0.2, 0) is 6.42 Å². The molecule has 27 heavy (non-hydrogen) atoms. The molecule has 0 spiro atoms. The summed E-state index contributed by atoms with van der Waals surface area (Å²) in [5, 5.41) is 6.97. The van der Waals surface area contributed by atoms with Gasteiger partial charge in [0.25, 0.3) is 0 Å². The van der Waals surface area contributed by atoms with Crippen LogP contribution >= 0.6 is 11.3 Å². The molecule has 1 aromatic rings. The fourth-order valence-electron chi connectivity index (χ4n) is 3.53. The molecule has 2 rings (SSSR count). The third-order valence-electron chi connectivity index (χ3n) is 5.07. The number of hydrogen-bond donors (Lipinski definition) is 2. The Kier molecular flexibility index (Phi) is 9.59. The normalized spacial score (nSPS) is 19.1. The van der Waals surface area contributed by atoms with Crippen molar-refractivity contribution in [1.29, 1.82) is 0 Å². The van der Waals surface area contributed by atoms with Crippen LogP contribution in [0.2, 0.25) is 0 Å². The van der Waals surface area contributed by atoms with Gasteiger partial charge in [-0.2, -0.15) is 0 Å². The Morgan fingerprint density at radius 3 is 2.44 bits per heavy atom. The Labute approximate surface area is 170 Å². The number of likely N-dealkylation sites (N-methyl/N-ethyl adjacent to an activating group) is 1. The van der Waals surface area contributed by atoms with Crippen molar-refractivity contribution >= 4 is 17.3 Å². The summed E-state index contributed by atoms with van der Waals surface area (Å²) in [6.45, 7) is 20.0. The van der Waals surface area contributed by atoms with Crippen LogP contribution in [-0.4, -0.2) is 74.2 Å². The second-order valence-corrected chi connectivity index (χ2v) is 9.19. The van der Waals surface area contributed by atoms with Crippen molar-refractivity contribution < 1.29 is 0 Å². The van der Waals surface area contributed by atoms with Gasteiger partial charge in [-0.25, -0.2) is 0 Å². The molecule has 0 saturated carbocycles. The first-order valence-corrected chi connectivity index (χ1v) is 11.4. The molecular formula is C21H39N5S. The largest absolute Gasteiger partial charge is 0.357 e. The maximum Gasteiger partial charge on any atom is 0.191 e. The Morgan fingerprint density at radius 1 is 1.15 bits per heavy atom. The van der Waals surface area contributed by atoms with Gasteiger partial charge in [0.05, 0.1) is 0 Å². The number of rotatable bonds is 9. The summed E-state index contributed by atoms with van der Waals surface area (Å²) in [5.41, 5.74) is 0. The lowest BCUT2D eigenvalue weighted by molar-refractivity contribution is 0.125. The van der Waals surface area contributed by atoms with Gasteiger partial charge in [-0.1, -0.05) is 13.8 Å². The van der Waals surface area contributed by atoms with Crippen LogP contribution in [0.1, 0.15) is 37.4 Å². The predicted molar refractivity (Wildman–Crippen MR) is 119 cm³/mol. The van der Waals surface area contributed by atoms with Crippen LogP contribution < -0.4 is 10.6 Å². The fourth-order valence-corrected chi connectivity index (χ4v) is 4.55. The molecule has 2 heterocycles. The van der Waals surface area contributed by atoms with Gasteiger partial charge in [-0.15, -0.1) is 11.3 Å². The lowest BCUT2D eigenvalue weighted by Gasteiger charge is -2.35. The monoisotopic (exact) mass is 393 g/mol. The molecule has 1 aromatic heterocycles. The highest BCUT2D eigenvalue weighted by atomic mass is 32.1. The lowest BCUT2D eigenvalue weighted by atomic mass is 10.1. The standard InChI is InChI=1S/C21H39N5S/c1-6-22-21(24-18(4)14-20-9-8-19(5)27-20)23-15-17(3)16-26-12-10-25(7-2)11-13-26/h8-9,17-18H,6-7,10-16H2,1-5H3,(H2,22,23,24). The van der Waals surface area contributed by atoms with Gasteiger partial charge in [0.2, 0.25) is 0 Å². The Balaban J connectivity index is 1.77. The van der Waals surface area contributed by atoms with Gasteiger partial charge < -0.3 is 20.4 Å². The van der Waals surface area contributed by atoms with Crippen molar-refractivity contribution in [3.63, 3.8) is 0 Å². The zero-order valence-electron chi connectivity index (χ0n) is 17.9. The minimum Gasteiger partial charge on any atom is -0.357 e. The highest BCUT2D eigenvalue weighted by Crippen LogP contribution is 2.16. The topological polar surface area (TPSA) is 42.9 Å². The molecule has 2 unspecified atom stereocenters. The summed E-state index contributed by atoms with van der Waals surface area (Å²) in [5.74, 6) is 1.52. The van der Waals surface area contributed by atoms with Crippen LogP contribution in [0.25, 0.3) is 0 Å². The minimum absolute atomic E-state index is 0.373. The van der Waals surface area contributed by atoms with Crippen LogP contribution in [0.5, 0.6) is 0 Å². The fraction of sp³-hybridized carbons (Fsp3) is 0.762. The third kappa shape index (κ3) is 8.20. The molecular weight excluding hydrogens is 354 g/mol.